The summed E-state index contributed by atoms with van der Waals surface area (Å²) < 4.78 is 5.39. The predicted octanol–water partition coefficient (Wildman–Crippen LogP) is 2.06. The molecule has 1 fully saturated rings. The zero-order valence-electron chi connectivity index (χ0n) is 9.94. The minimum absolute atomic E-state index is 0.390. The highest BCUT2D eigenvalue weighted by atomic mass is 35.5. The topological polar surface area (TPSA) is 38.5 Å². The Morgan fingerprint density at radius 2 is 1.88 bits per heavy atom. The van der Waals surface area contributed by atoms with E-state index in [1.165, 1.54) is 5.56 Å². The summed E-state index contributed by atoms with van der Waals surface area (Å²) in [6.07, 6.45) is 0.974. The van der Waals surface area contributed by atoms with Crippen molar-refractivity contribution in [2.45, 2.75) is 12.5 Å². The van der Waals surface area contributed by atoms with Crippen molar-refractivity contribution in [2.24, 2.45) is 5.73 Å². The molecular formula is C13H19ClN2O. The molecule has 1 heterocycles. The van der Waals surface area contributed by atoms with Gasteiger partial charge in [-0.05, 0) is 30.7 Å². The molecule has 94 valence electrons. The van der Waals surface area contributed by atoms with Crippen molar-refractivity contribution in [2.75, 3.05) is 32.8 Å². The molecule has 2 N–H and O–H groups in total. The van der Waals surface area contributed by atoms with Gasteiger partial charge in [-0.15, -0.1) is 0 Å². The highest BCUT2D eigenvalue weighted by Gasteiger charge is 2.21. The maximum absolute atomic E-state index is 5.92. The van der Waals surface area contributed by atoms with Crippen molar-refractivity contribution in [3.05, 3.63) is 34.9 Å². The van der Waals surface area contributed by atoms with Gasteiger partial charge in [0.05, 0.1) is 13.2 Å². The molecule has 1 atom stereocenters. The number of rotatable bonds is 4. The van der Waals surface area contributed by atoms with Gasteiger partial charge in [0.15, 0.2) is 0 Å². The van der Waals surface area contributed by atoms with Crippen molar-refractivity contribution in [1.82, 2.24) is 4.90 Å². The van der Waals surface area contributed by atoms with E-state index in [0.717, 1.165) is 37.7 Å². The van der Waals surface area contributed by atoms with E-state index in [-0.39, 0.29) is 0 Å². The van der Waals surface area contributed by atoms with Gasteiger partial charge in [0.25, 0.3) is 0 Å². The van der Waals surface area contributed by atoms with Crippen LogP contribution in [0.15, 0.2) is 24.3 Å². The number of halogens is 1. The van der Waals surface area contributed by atoms with Gasteiger partial charge in [0, 0.05) is 24.2 Å². The molecule has 4 heteroatoms. The van der Waals surface area contributed by atoms with Crippen LogP contribution >= 0.6 is 11.6 Å². The molecule has 1 aromatic carbocycles. The van der Waals surface area contributed by atoms with Crippen LogP contribution in [0.1, 0.15) is 18.0 Å². The lowest BCUT2D eigenvalue weighted by Crippen LogP contribution is -2.39. The highest BCUT2D eigenvalue weighted by Crippen LogP contribution is 2.25. The predicted molar refractivity (Wildman–Crippen MR) is 70.3 cm³/mol. The van der Waals surface area contributed by atoms with Gasteiger partial charge < -0.3 is 10.5 Å². The summed E-state index contributed by atoms with van der Waals surface area (Å²) in [6, 6.07) is 8.47. The molecule has 0 aliphatic carbocycles. The molecule has 1 aliphatic heterocycles. The zero-order valence-corrected chi connectivity index (χ0v) is 10.7. The van der Waals surface area contributed by atoms with E-state index in [1.807, 2.05) is 12.1 Å². The minimum atomic E-state index is 0.390. The van der Waals surface area contributed by atoms with Crippen molar-refractivity contribution in [3.63, 3.8) is 0 Å². The lowest BCUT2D eigenvalue weighted by Gasteiger charge is -2.34. The van der Waals surface area contributed by atoms with Gasteiger partial charge in [-0.25, -0.2) is 0 Å². The average Bonchev–Trinajstić information content (AvgIpc) is 2.38. The fourth-order valence-electron chi connectivity index (χ4n) is 2.29. The number of hydrogen-bond acceptors (Lipinski definition) is 3. The Labute approximate surface area is 107 Å². The van der Waals surface area contributed by atoms with Crippen LogP contribution in [0.4, 0.5) is 0 Å². The van der Waals surface area contributed by atoms with Crippen molar-refractivity contribution in [1.29, 1.82) is 0 Å². The molecule has 1 saturated heterocycles. The Morgan fingerprint density at radius 3 is 2.47 bits per heavy atom. The molecule has 0 saturated carbocycles. The maximum Gasteiger partial charge on any atom is 0.0594 e. The molecular weight excluding hydrogens is 236 g/mol. The average molecular weight is 255 g/mol. The molecule has 0 bridgehead atoms. The molecule has 1 aromatic rings. The van der Waals surface area contributed by atoms with E-state index in [1.54, 1.807) is 0 Å². The molecule has 3 nitrogen and oxygen atoms in total. The Kier molecular flexibility index (Phi) is 4.80. The number of nitrogens with zero attached hydrogens (tertiary/aromatic N) is 1. The van der Waals surface area contributed by atoms with Crippen molar-refractivity contribution >= 4 is 11.6 Å². The van der Waals surface area contributed by atoms with E-state index in [9.17, 15) is 0 Å². The number of benzene rings is 1. The number of morpholine rings is 1. The standard InChI is InChI=1S/C13H19ClN2O/c14-12-3-1-11(2-4-12)13(5-6-15)16-7-9-17-10-8-16/h1-4,13H,5-10,15H2. The first-order chi connectivity index (χ1) is 8.31. The van der Waals surface area contributed by atoms with Crippen LogP contribution in [0.2, 0.25) is 5.02 Å². The first-order valence-electron chi connectivity index (χ1n) is 6.08. The quantitative estimate of drug-likeness (QED) is 0.894. The molecule has 17 heavy (non-hydrogen) atoms. The summed E-state index contributed by atoms with van der Waals surface area (Å²) in [6.45, 7) is 4.29. The summed E-state index contributed by atoms with van der Waals surface area (Å²) in [7, 11) is 0. The van der Waals surface area contributed by atoms with Gasteiger partial charge in [-0.3, -0.25) is 4.90 Å². The van der Waals surface area contributed by atoms with Crippen LogP contribution in [-0.4, -0.2) is 37.7 Å². The lowest BCUT2D eigenvalue weighted by atomic mass is 10.0. The summed E-state index contributed by atoms with van der Waals surface area (Å²) in [5, 5.41) is 0.780. The van der Waals surface area contributed by atoms with Crippen LogP contribution in [-0.2, 0) is 4.74 Å². The summed E-state index contributed by atoms with van der Waals surface area (Å²) in [4.78, 5) is 2.44. The second kappa shape index (κ2) is 6.36. The van der Waals surface area contributed by atoms with Crippen LogP contribution in [0, 0.1) is 0 Å². The summed E-state index contributed by atoms with van der Waals surface area (Å²) in [5.74, 6) is 0. The van der Waals surface area contributed by atoms with E-state index >= 15 is 0 Å². The van der Waals surface area contributed by atoms with Crippen molar-refractivity contribution < 1.29 is 4.74 Å². The third-order valence-electron chi connectivity index (χ3n) is 3.18. The van der Waals surface area contributed by atoms with Crippen LogP contribution in [0.5, 0.6) is 0 Å². The molecule has 2 rings (SSSR count). The largest absolute Gasteiger partial charge is 0.379 e. The fourth-order valence-corrected chi connectivity index (χ4v) is 2.42. The third-order valence-corrected chi connectivity index (χ3v) is 3.43. The zero-order chi connectivity index (χ0) is 12.1. The first-order valence-corrected chi connectivity index (χ1v) is 6.46. The highest BCUT2D eigenvalue weighted by molar-refractivity contribution is 6.30. The SMILES string of the molecule is NCCC(c1ccc(Cl)cc1)N1CCOCC1. The summed E-state index contributed by atoms with van der Waals surface area (Å²) in [5.41, 5.74) is 7.01. The van der Waals surface area contributed by atoms with Crippen molar-refractivity contribution in [3.8, 4) is 0 Å². The van der Waals surface area contributed by atoms with E-state index < -0.39 is 0 Å². The lowest BCUT2D eigenvalue weighted by molar-refractivity contribution is 0.0147. The fraction of sp³-hybridized carbons (Fsp3) is 0.538. The van der Waals surface area contributed by atoms with Gasteiger partial charge >= 0.3 is 0 Å². The third kappa shape index (κ3) is 3.42. The summed E-state index contributed by atoms with van der Waals surface area (Å²) >= 11 is 5.92. The smallest absolute Gasteiger partial charge is 0.0594 e. The van der Waals surface area contributed by atoms with E-state index in [0.29, 0.717) is 12.6 Å². The molecule has 0 spiro atoms. The number of ether oxygens (including phenoxy) is 1. The second-order valence-electron chi connectivity index (χ2n) is 4.29. The maximum atomic E-state index is 5.92. The minimum Gasteiger partial charge on any atom is -0.379 e. The Bertz CT molecular complexity index is 336. The normalized spacial score (nSPS) is 19.2. The first kappa shape index (κ1) is 12.8. The molecule has 1 unspecified atom stereocenters. The van der Waals surface area contributed by atoms with E-state index in [4.69, 9.17) is 22.1 Å². The number of nitrogens with two attached hydrogens (primary N) is 1. The van der Waals surface area contributed by atoms with Crippen LogP contribution in [0.25, 0.3) is 0 Å². The van der Waals surface area contributed by atoms with Crippen LogP contribution in [0.3, 0.4) is 0 Å². The second-order valence-corrected chi connectivity index (χ2v) is 4.73. The molecule has 0 aromatic heterocycles. The Hall–Kier alpha value is -0.610. The Morgan fingerprint density at radius 1 is 1.24 bits per heavy atom. The van der Waals surface area contributed by atoms with Crippen LogP contribution < -0.4 is 5.73 Å². The van der Waals surface area contributed by atoms with Gasteiger partial charge in [0.2, 0.25) is 0 Å². The molecule has 0 radical (unpaired) electrons. The molecule has 0 amide bonds. The van der Waals surface area contributed by atoms with Gasteiger partial charge in [0.1, 0.15) is 0 Å². The van der Waals surface area contributed by atoms with Gasteiger partial charge in [-0.2, -0.15) is 0 Å². The Balaban J connectivity index is 2.12. The molecule has 1 aliphatic rings. The monoisotopic (exact) mass is 254 g/mol. The van der Waals surface area contributed by atoms with E-state index in [2.05, 4.69) is 17.0 Å². The number of hydrogen-bond donors (Lipinski definition) is 1. The van der Waals surface area contributed by atoms with Gasteiger partial charge in [-0.1, -0.05) is 23.7 Å².